The molecular weight excluding hydrogens is 200 g/mol. The van der Waals surface area contributed by atoms with Crippen LogP contribution in [0.1, 0.15) is 32.6 Å². The van der Waals surface area contributed by atoms with Crippen LogP contribution in [0.5, 0.6) is 0 Å². The molecule has 0 aromatic carbocycles. The minimum Gasteiger partial charge on any atom is -0.383 e. The zero-order chi connectivity index (χ0) is 12.2. The highest BCUT2D eigenvalue weighted by Crippen LogP contribution is 2.37. The second-order valence-corrected chi connectivity index (χ2v) is 5.48. The van der Waals surface area contributed by atoms with Gasteiger partial charge in [0.15, 0.2) is 0 Å². The molecule has 0 bridgehead atoms. The van der Waals surface area contributed by atoms with Crippen LogP contribution in [0.25, 0.3) is 0 Å². The van der Waals surface area contributed by atoms with Crippen LogP contribution in [0.15, 0.2) is 0 Å². The van der Waals surface area contributed by atoms with E-state index in [0.717, 1.165) is 12.5 Å². The van der Waals surface area contributed by atoms with Gasteiger partial charge in [0.25, 0.3) is 0 Å². The average molecular weight is 228 g/mol. The SMILES string of the molecule is CNC(COC)C1(N(C)C)CCC(C)CC1. The standard InChI is InChI=1S/C13H28N2O/c1-11-6-8-13(9-7-11,15(3)4)12(14-2)10-16-5/h11-12,14H,6-10H2,1-5H3. The van der Waals surface area contributed by atoms with Crippen molar-refractivity contribution in [1.82, 2.24) is 10.2 Å². The Bertz CT molecular complexity index is 198. The highest BCUT2D eigenvalue weighted by atomic mass is 16.5. The van der Waals surface area contributed by atoms with Gasteiger partial charge in [0.05, 0.1) is 6.61 Å². The van der Waals surface area contributed by atoms with Crippen molar-refractivity contribution in [3.63, 3.8) is 0 Å². The van der Waals surface area contributed by atoms with E-state index in [2.05, 4.69) is 31.2 Å². The van der Waals surface area contributed by atoms with E-state index in [0.29, 0.717) is 6.04 Å². The summed E-state index contributed by atoms with van der Waals surface area (Å²) in [5.41, 5.74) is 0.275. The first-order chi connectivity index (χ1) is 7.56. The predicted octanol–water partition coefficient (Wildman–Crippen LogP) is 1.73. The second kappa shape index (κ2) is 5.99. The highest BCUT2D eigenvalue weighted by molar-refractivity contribution is 5.01. The fourth-order valence-corrected chi connectivity index (χ4v) is 3.04. The molecule has 1 aliphatic carbocycles. The molecule has 0 amide bonds. The average Bonchev–Trinajstić information content (AvgIpc) is 2.27. The predicted molar refractivity (Wildman–Crippen MR) is 68.8 cm³/mol. The second-order valence-electron chi connectivity index (χ2n) is 5.48. The summed E-state index contributed by atoms with van der Waals surface area (Å²) in [5.74, 6) is 0.883. The van der Waals surface area contributed by atoms with Gasteiger partial charge in [-0.1, -0.05) is 6.92 Å². The molecule has 1 aliphatic rings. The van der Waals surface area contributed by atoms with E-state index in [1.165, 1.54) is 25.7 Å². The Labute approximate surface area is 101 Å². The summed E-state index contributed by atoms with van der Waals surface area (Å²) >= 11 is 0. The Kier molecular flexibility index (Phi) is 5.22. The van der Waals surface area contributed by atoms with Gasteiger partial charge < -0.3 is 15.0 Å². The number of hydrogen-bond acceptors (Lipinski definition) is 3. The van der Waals surface area contributed by atoms with Crippen LogP contribution in [-0.2, 0) is 4.74 Å². The Morgan fingerprint density at radius 1 is 1.38 bits per heavy atom. The van der Waals surface area contributed by atoms with Crippen molar-refractivity contribution in [3.8, 4) is 0 Å². The minimum atomic E-state index is 0.275. The molecule has 1 fully saturated rings. The van der Waals surface area contributed by atoms with E-state index in [4.69, 9.17) is 4.74 Å². The summed E-state index contributed by atoms with van der Waals surface area (Å²) in [6.07, 6.45) is 5.21. The molecule has 0 saturated heterocycles. The van der Waals surface area contributed by atoms with Gasteiger partial charge in [0, 0.05) is 18.7 Å². The molecule has 0 aromatic rings. The molecule has 0 spiro atoms. The number of nitrogens with one attached hydrogen (secondary N) is 1. The fraction of sp³-hybridized carbons (Fsp3) is 1.00. The molecule has 1 atom stereocenters. The van der Waals surface area contributed by atoms with Crippen LogP contribution in [-0.4, -0.2) is 51.3 Å². The summed E-state index contributed by atoms with van der Waals surface area (Å²) in [6.45, 7) is 3.16. The number of methoxy groups -OCH3 is 1. The first-order valence-corrected chi connectivity index (χ1v) is 6.40. The number of likely N-dealkylation sites (N-methyl/N-ethyl adjacent to an activating group) is 2. The molecule has 0 aliphatic heterocycles. The van der Waals surface area contributed by atoms with Gasteiger partial charge in [-0.15, -0.1) is 0 Å². The molecule has 1 unspecified atom stereocenters. The van der Waals surface area contributed by atoms with Crippen LogP contribution < -0.4 is 5.32 Å². The number of rotatable bonds is 5. The summed E-state index contributed by atoms with van der Waals surface area (Å²) in [5, 5.41) is 3.44. The van der Waals surface area contributed by atoms with Crippen molar-refractivity contribution in [2.45, 2.75) is 44.2 Å². The number of ether oxygens (including phenoxy) is 1. The van der Waals surface area contributed by atoms with Crippen LogP contribution in [0, 0.1) is 5.92 Å². The Hall–Kier alpha value is -0.120. The van der Waals surface area contributed by atoms with Gasteiger partial charge in [-0.3, -0.25) is 0 Å². The first-order valence-electron chi connectivity index (χ1n) is 6.40. The normalized spacial score (nSPS) is 33.0. The molecule has 1 N–H and O–H groups in total. The Morgan fingerprint density at radius 3 is 2.31 bits per heavy atom. The van der Waals surface area contributed by atoms with E-state index < -0.39 is 0 Å². The maximum Gasteiger partial charge on any atom is 0.0633 e. The molecule has 1 saturated carbocycles. The van der Waals surface area contributed by atoms with Gasteiger partial charge >= 0.3 is 0 Å². The molecule has 3 nitrogen and oxygen atoms in total. The van der Waals surface area contributed by atoms with Gasteiger partial charge in [-0.25, -0.2) is 0 Å². The molecule has 16 heavy (non-hydrogen) atoms. The maximum absolute atomic E-state index is 5.36. The van der Waals surface area contributed by atoms with Gasteiger partial charge in [-0.2, -0.15) is 0 Å². The molecule has 1 rings (SSSR count). The lowest BCUT2D eigenvalue weighted by Crippen LogP contribution is -2.61. The number of nitrogens with zero attached hydrogens (tertiary/aromatic N) is 1. The molecule has 0 aromatic heterocycles. The quantitative estimate of drug-likeness (QED) is 0.775. The van der Waals surface area contributed by atoms with E-state index in [9.17, 15) is 0 Å². The lowest BCUT2D eigenvalue weighted by atomic mass is 9.72. The van der Waals surface area contributed by atoms with Crippen LogP contribution in [0.3, 0.4) is 0 Å². The zero-order valence-corrected chi connectivity index (χ0v) is 11.5. The third-order valence-electron chi connectivity index (χ3n) is 4.36. The lowest BCUT2D eigenvalue weighted by Gasteiger charge is -2.49. The van der Waals surface area contributed by atoms with Gasteiger partial charge in [0.2, 0.25) is 0 Å². The lowest BCUT2D eigenvalue weighted by molar-refractivity contribution is 0.0138. The fourth-order valence-electron chi connectivity index (χ4n) is 3.04. The summed E-state index contributed by atoms with van der Waals surface area (Å²) in [4.78, 5) is 2.40. The van der Waals surface area contributed by atoms with Crippen LogP contribution in [0.4, 0.5) is 0 Å². The Morgan fingerprint density at radius 2 is 1.94 bits per heavy atom. The van der Waals surface area contributed by atoms with Crippen molar-refractivity contribution in [2.24, 2.45) is 5.92 Å². The third-order valence-corrected chi connectivity index (χ3v) is 4.36. The van der Waals surface area contributed by atoms with E-state index in [1.54, 1.807) is 7.11 Å². The first kappa shape index (κ1) is 13.9. The molecule has 96 valence electrons. The largest absolute Gasteiger partial charge is 0.383 e. The maximum atomic E-state index is 5.36. The molecule has 3 heteroatoms. The molecule has 0 heterocycles. The summed E-state index contributed by atoms with van der Waals surface area (Å²) in [7, 11) is 8.25. The smallest absolute Gasteiger partial charge is 0.0633 e. The van der Waals surface area contributed by atoms with Crippen molar-refractivity contribution in [2.75, 3.05) is 34.9 Å². The van der Waals surface area contributed by atoms with E-state index in [-0.39, 0.29) is 5.54 Å². The van der Waals surface area contributed by atoms with Crippen molar-refractivity contribution in [1.29, 1.82) is 0 Å². The highest BCUT2D eigenvalue weighted by Gasteiger charge is 2.42. The summed E-state index contributed by atoms with van der Waals surface area (Å²) in [6, 6.07) is 0.431. The van der Waals surface area contributed by atoms with Crippen molar-refractivity contribution in [3.05, 3.63) is 0 Å². The molecular formula is C13H28N2O. The molecule has 0 radical (unpaired) electrons. The van der Waals surface area contributed by atoms with Crippen LogP contribution >= 0.6 is 0 Å². The van der Waals surface area contributed by atoms with E-state index in [1.807, 2.05) is 7.05 Å². The van der Waals surface area contributed by atoms with Crippen molar-refractivity contribution >= 4 is 0 Å². The van der Waals surface area contributed by atoms with Gasteiger partial charge in [-0.05, 0) is 52.7 Å². The Balaban J connectivity index is 2.78. The minimum absolute atomic E-state index is 0.275. The topological polar surface area (TPSA) is 24.5 Å². The van der Waals surface area contributed by atoms with Crippen LogP contribution in [0.2, 0.25) is 0 Å². The zero-order valence-electron chi connectivity index (χ0n) is 11.5. The monoisotopic (exact) mass is 228 g/mol. The van der Waals surface area contributed by atoms with Gasteiger partial charge in [0.1, 0.15) is 0 Å². The van der Waals surface area contributed by atoms with E-state index >= 15 is 0 Å². The number of hydrogen-bond donors (Lipinski definition) is 1. The summed E-state index contributed by atoms with van der Waals surface area (Å²) < 4.78 is 5.36. The third kappa shape index (κ3) is 2.76. The van der Waals surface area contributed by atoms with Crippen molar-refractivity contribution < 1.29 is 4.74 Å².